The molecule has 1 aromatic carbocycles. The lowest BCUT2D eigenvalue weighted by Crippen LogP contribution is -1.93. The van der Waals surface area contributed by atoms with E-state index in [0.717, 1.165) is 17.2 Å². The molecule has 0 aromatic heterocycles. The summed E-state index contributed by atoms with van der Waals surface area (Å²) in [6.45, 7) is 0.299. The molecule has 0 aliphatic carbocycles. The highest BCUT2D eigenvalue weighted by atomic mass is 16.7. The van der Waals surface area contributed by atoms with Crippen molar-refractivity contribution in [2.45, 2.75) is 0 Å². The summed E-state index contributed by atoms with van der Waals surface area (Å²) in [7, 11) is 0. The van der Waals surface area contributed by atoms with Gasteiger partial charge in [0, 0.05) is 6.07 Å². The third-order valence-electron chi connectivity index (χ3n) is 1.77. The fourth-order valence-corrected chi connectivity index (χ4v) is 1.13. The van der Waals surface area contributed by atoms with Crippen LogP contribution in [0.15, 0.2) is 28.6 Å². The van der Waals surface area contributed by atoms with Crippen molar-refractivity contribution in [1.82, 2.24) is 0 Å². The summed E-state index contributed by atoms with van der Waals surface area (Å²) in [6, 6.07) is 5.58. The van der Waals surface area contributed by atoms with Crippen LogP contribution in [-0.4, -0.2) is 6.79 Å². The molecule has 0 saturated carbocycles. The van der Waals surface area contributed by atoms with Gasteiger partial charge in [-0.2, -0.15) is 0 Å². The maximum Gasteiger partial charge on any atom is 0.231 e. The van der Waals surface area contributed by atoms with E-state index in [0.29, 0.717) is 6.79 Å². The van der Waals surface area contributed by atoms with Gasteiger partial charge < -0.3 is 9.47 Å². The Balaban J connectivity index is 2.03. The predicted octanol–water partition coefficient (Wildman–Crippen LogP) is 1.52. The summed E-state index contributed by atoms with van der Waals surface area (Å²) in [5, 5.41) is 8.85. The van der Waals surface area contributed by atoms with E-state index in [9.17, 15) is 0 Å². The number of hydrogen-bond acceptors (Lipinski definition) is 5. The van der Waals surface area contributed by atoms with E-state index >= 15 is 0 Å². The second-order valence-electron chi connectivity index (χ2n) is 2.51. The lowest BCUT2D eigenvalue weighted by atomic mass is 10.3. The van der Waals surface area contributed by atoms with Crippen LogP contribution in [0.5, 0.6) is 11.5 Å². The van der Waals surface area contributed by atoms with Crippen LogP contribution in [0.1, 0.15) is 0 Å². The van der Waals surface area contributed by atoms with Crippen molar-refractivity contribution < 1.29 is 9.47 Å². The lowest BCUT2D eigenvalue weighted by molar-refractivity contribution is 0.174. The molecule has 2 aliphatic heterocycles. The number of rotatable bonds is 1. The highest BCUT2D eigenvalue weighted by Crippen LogP contribution is 2.37. The molecule has 12 heavy (non-hydrogen) atoms. The number of anilines is 1. The Bertz CT molecular complexity index is 358. The van der Waals surface area contributed by atoms with Gasteiger partial charge in [0.25, 0.3) is 0 Å². The van der Waals surface area contributed by atoms with Crippen LogP contribution >= 0.6 is 0 Å². The molecule has 2 heterocycles. The van der Waals surface area contributed by atoms with Crippen LogP contribution in [0.3, 0.4) is 0 Å². The molecule has 0 N–H and O–H groups in total. The monoisotopic (exact) mass is 163 g/mol. The minimum Gasteiger partial charge on any atom is -0.454 e. The molecular formula is C7H5N3O2. The van der Waals surface area contributed by atoms with Crippen LogP contribution in [-0.2, 0) is 0 Å². The molecule has 5 nitrogen and oxygen atoms in total. The van der Waals surface area contributed by atoms with Crippen molar-refractivity contribution in [1.29, 1.82) is 0 Å². The van der Waals surface area contributed by atoms with Crippen LogP contribution in [0.4, 0.5) is 5.69 Å². The van der Waals surface area contributed by atoms with Gasteiger partial charge in [0.05, 0.1) is 5.69 Å². The Morgan fingerprint density at radius 2 is 2.00 bits per heavy atom. The van der Waals surface area contributed by atoms with Crippen molar-refractivity contribution in [2.24, 2.45) is 10.4 Å². The van der Waals surface area contributed by atoms with Crippen molar-refractivity contribution in [3.05, 3.63) is 18.2 Å². The minimum absolute atomic E-state index is 0.299. The Morgan fingerprint density at radius 1 is 1.17 bits per heavy atom. The molecule has 1 aromatic rings. The summed E-state index contributed by atoms with van der Waals surface area (Å²) in [6.07, 6.45) is 0. The van der Waals surface area contributed by atoms with Gasteiger partial charge in [0.2, 0.25) is 6.79 Å². The van der Waals surface area contributed by atoms with Gasteiger partial charge in [-0.1, -0.05) is 0 Å². The standard InChI is InChI=1S/C7H5N3O2/c1-2-6-7(12-4-11-6)3-5(1)10-8-9-10/h1-3H,4H2. The van der Waals surface area contributed by atoms with E-state index in [-0.39, 0.29) is 0 Å². The van der Waals surface area contributed by atoms with Gasteiger partial charge in [0.1, 0.15) is 0 Å². The maximum atomic E-state index is 5.18. The third-order valence-corrected chi connectivity index (χ3v) is 1.77. The highest BCUT2D eigenvalue weighted by molar-refractivity contribution is 5.57. The predicted molar refractivity (Wildman–Crippen MR) is 39.9 cm³/mol. The van der Waals surface area contributed by atoms with Gasteiger partial charge in [-0.3, -0.25) is 0 Å². The first-order chi connectivity index (χ1) is 5.93. The van der Waals surface area contributed by atoms with Crippen LogP contribution in [0.25, 0.3) is 0 Å². The van der Waals surface area contributed by atoms with E-state index in [1.165, 1.54) is 5.12 Å². The van der Waals surface area contributed by atoms with E-state index < -0.39 is 0 Å². The summed E-state index contributed by atoms with van der Waals surface area (Å²) in [5.74, 6) is 1.53. The number of nitrogens with zero attached hydrogens (tertiary/aromatic N) is 3. The molecule has 60 valence electrons. The van der Waals surface area contributed by atoms with Crippen LogP contribution < -0.4 is 14.6 Å². The molecule has 0 atom stereocenters. The van der Waals surface area contributed by atoms with Crippen molar-refractivity contribution in [3.8, 4) is 11.5 Å². The molecule has 0 unspecified atom stereocenters. The van der Waals surface area contributed by atoms with E-state index in [2.05, 4.69) is 10.4 Å². The molecule has 0 amide bonds. The first-order valence-electron chi connectivity index (χ1n) is 3.55. The lowest BCUT2D eigenvalue weighted by Gasteiger charge is -1.98. The first kappa shape index (κ1) is 5.82. The second-order valence-corrected chi connectivity index (χ2v) is 2.51. The fraction of sp³-hybridized carbons (Fsp3) is 0.143. The van der Waals surface area contributed by atoms with E-state index in [1.54, 1.807) is 0 Å². The van der Waals surface area contributed by atoms with Gasteiger partial charge in [0.15, 0.2) is 11.5 Å². The molecular weight excluding hydrogens is 158 g/mol. The van der Waals surface area contributed by atoms with Gasteiger partial charge in [-0.05, 0) is 22.6 Å². The molecule has 5 heteroatoms. The summed E-state index contributed by atoms with van der Waals surface area (Å²) >= 11 is 0. The quantitative estimate of drug-likeness (QED) is 0.630. The number of fused-ring (bicyclic) bond motifs is 1. The van der Waals surface area contributed by atoms with Crippen molar-refractivity contribution >= 4 is 5.69 Å². The van der Waals surface area contributed by atoms with Crippen molar-refractivity contribution in [3.63, 3.8) is 0 Å². The van der Waals surface area contributed by atoms with E-state index in [1.807, 2.05) is 18.2 Å². The Morgan fingerprint density at radius 3 is 2.83 bits per heavy atom. The van der Waals surface area contributed by atoms with E-state index in [4.69, 9.17) is 9.47 Å². The number of ether oxygens (including phenoxy) is 2. The maximum absolute atomic E-state index is 5.18. The Kier molecular flexibility index (Phi) is 0.910. The molecule has 0 radical (unpaired) electrons. The molecule has 0 saturated heterocycles. The zero-order valence-electron chi connectivity index (χ0n) is 6.10. The molecule has 0 bridgehead atoms. The summed E-state index contributed by atoms with van der Waals surface area (Å²) < 4.78 is 10.3. The summed E-state index contributed by atoms with van der Waals surface area (Å²) in [4.78, 5) is 0. The molecule has 0 spiro atoms. The van der Waals surface area contributed by atoms with Crippen molar-refractivity contribution in [2.75, 3.05) is 11.9 Å². The first-order valence-corrected chi connectivity index (χ1v) is 3.55. The van der Waals surface area contributed by atoms with Crippen LogP contribution in [0.2, 0.25) is 0 Å². The van der Waals surface area contributed by atoms with Gasteiger partial charge in [-0.25, -0.2) is 0 Å². The Hall–Kier alpha value is -1.78. The summed E-state index contributed by atoms with van der Waals surface area (Å²) in [5.41, 5.74) is 0.902. The van der Waals surface area contributed by atoms with Gasteiger partial charge in [-0.15, -0.1) is 5.12 Å². The SMILES string of the molecule is c1cc2c(cc1N1N=N1)OCO2. The fourth-order valence-electron chi connectivity index (χ4n) is 1.13. The zero-order chi connectivity index (χ0) is 7.97. The Labute approximate surface area is 68.2 Å². The molecule has 0 fully saturated rings. The average molecular weight is 163 g/mol. The average Bonchev–Trinajstić information content (AvgIpc) is 2.84. The third kappa shape index (κ3) is 0.730. The minimum atomic E-state index is 0.299. The van der Waals surface area contributed by atoms with Gasteiger partial charge >= 0.3 is 0 Å². The normalized spacial score (nSPS) is 16.8. The smallest absolute Gasteiger partial charge is 0.231 e. The zero-order valence-corrected chi connectivity index (χ0v) is 6.10. The number of hydrogen-bond donors (Lipinski definition) is 0. The highest BCUT2D eigenvalue weighted by Gasteiger charge is 2.19. The number of benzene rings is 1. The second kappa shape index (κ2) is 1.88. The van der Waals surface area contributed by atoms with Crippen LogP contribution in [0, 0.1) is 0 Å². The topological polar surface area (TPSA) is 46.2 Å². The molecule has 2 aliphatic rings. The molecule has 3 rings (SSSR count). The largest absolute Gasteiger partial charge is 0.454 e.